The normalized spacial score (nSPS) is 16.5. The standard InChI is InChI=1S/C16H18N2O9P2S.2Na/c1-27-11-4-2-3-9(7-11)14(15(28(21,22)23)29(24,25)26)17-18-12-8-10(19)5-6-13(12)30-16(18)20;;/h2-8,14-15,17,19H,1H3,(H2,21,22,23)(H2,24,25,26);;/q;2*+1/p-2. The Balaban J connectivity index is 0.00000256. The van der Waals surface area contributed by atoms with E-state index in [-0.39, 0.29) is 81.7 Å². The number of nitrogens with zero attached hydrogens (tertiary/aromatic N) is 1. The van der Waals surface area contributed by atoms with Crippen molar-refractivity contribution in [2.75, 3.05) is 12.5 Å². The van der Waals surface area contributed by atoms with Crippen LogP contribution in [-0.4, -0.2) is 32.1 Å². The average Bonchev–Trinajstić information content (AvgIpc) is 2.94. The molecule has 0 aliphatic heterocycles. The third kappa shape index (κ3) is 6.70. The number of hydrogen-bond donors (Lipinski definition) is 4. The molecule has 0 amide bonds. The van der Waals surface area contributed by atoms with Gasteiger partial charge >= 0.3 is 64.0 Å². The summed E-state index contributed by atoms with van der Waals surface area (Å²) in [6.45, 7) is 0. The Bertz CT molecular complexity index is 1220. The fraction of sp³-hybridized carbons (Fsp3) is 0.188. The summed E-state index contributed by atoms with van der Waals surface area (Å²) in [5.41, 5.74) is 2.58. The number of ether oxygens (including phenoxy) is 1. The maximum atomic E-state index is 12.5. The van der Waals surface area contributed by atoms with Gasteiger partial charge < -0.3 is 44.0 Å². The van der Waals surface area contributed by atoms with Crippen LogP contribution in [0.2, 0.25) is 0 Å². The number of hydrogen-bond acceptors (Lipinski definition) is 9. The molecule has 3 atom stereocenters. The van der Waals surface area contributed by atoms with Crippen LogP contribution in [0.3, 0.4) is 0 Å². The zero-order chi connectivity index (χ0) is 22.3. The number of fused-ring (bicyclic) bond motifs is 1. The van der Waals surface area contributed by atoms with Crippen LogP contribution in [0, 0.1) is 0 Å². The number of phenols is 1. The number of benzene rings is 2. The van der Waals surface area contributed by atoms with Crippen molar-refractivity contribution in [1.29, 1.82) is 0 Å². The smallest absolute Gasteiger partial charge is 0.778 e. The summed E-state index contributed by atoms with van der Waals surface area (Å²) >= 11 is 0.749. The molecule has 11 nitrogen and oxygen atoms in total. The van der Waals surface area contributed by atoms with E-state index in [0.717, 1.165) is 16.0 Å². The van der Waals surface area contributed by atoms with Crippen LogP contribution in [0.1, 0.15) is 11.6 Å². The summed E-state index contributed by atoms with van der Waals surface area (Å²) in [5, 5.41) is 7.02. The van der Waals surface area contributed by atoms with E-state index in [4.69, 9.17) is 4.74 Å². The monoisotopic (exact) mass is 520 g/mol. The first-order valence-electron chi connectivity index (χ1n) is 8.24. The van der Waals surface area contributed by atoms with Crippen LogP contribution in [-0.2, 0) is 9.13 Å². The molecule has 4 N–H and O–H groups in total. The third-order valence-electron chi connectivity index (χ3n) is 4.25. The van der Waals surface area contributed by atoms with Crippen LogP contribution in [0.5, 0.6) is 11.5 Å². The van der Waals surface area contributed by atoms with Gasteiger partial charge in [0, 0.05) is 6.07 Å². The molecule has 162 valence electrons. The van der Waals surface area contributed by atoms with Crippen molar-refractivity contribution in [3.8, 4) is 11.5 Å². The number of methoxy groups -OCH3 is 1. The minimum Gasteiger partial charge on any atom is -0.778 e. The van der Waals surface area contributed by atoms with E-state index in [1.807, 2.05) is 0 Å². The number of nitrogens with one attached hydrogen (secondary N) is 1. The summed E-state index contributed by atoms with van der Waals surface area (Å²) in [5.74, 6) is 0.0363. The van der Waals surface area contributed by atoms with Crippen molar-refractivity contribution in [1.82, 2.24) is 4.68 Å². The Labute approximate surface area is 230 Å². The van der Waals surface area contributed by atoms with E-state index in [9.17, 15) is 38.6 Å². The summed E-state index contributed by atoms with van der Waals surface area (Å²) in [4.78, 5) is 54.9. The molecule has 0 radical (unpaired) electrons. The fourth-order valence-electron chi connectivity index (χ4n) is 2.98. The van der Waals surface area contributed by atoms with Crippen molar-refractivity contribution >= 4 is 36.7 Å². The number of aromatic nitrogens is 1. The maximum absolute atomic E-state index is 12.5. The summed E-state index contributed by atoms with van der Waals surface area (Å²) in [7, 11) is -10.0. The largest absolute Gasteiger partial charge is 1.00 e. The second-order valence-electron chi connectivity index (χ2n) is 6.28. The van der Waals surface area contributed by atoms with Crippen LogP contribution in [0.25, 0.3) is 10.2 Å². The Morgan fingerprint density at radius 3 is 2.28 bits per heavy atom. The molecule has 0 aliphatic rings. The van der Waals surface area contributed by atoms with Gasteiger partial charge in [0.15, 0.2) is 0 Å². The minimum atomic E-state index is -5.69. The van der Waals surface area contributed by atoms with Gasteiger partial charge in [-0.05, 0) is 29.8 Å². The second kappa shape index (κ2) is 11.5. The Morgan fingerprint density at radius 1 is 1.09 bits per heavy atom. The fourth-order valence-corrected chi connectivity index (χ4v) is 6.50. The van der Waals surface area contributed by atoms with E-state index < -0.39 is 31.5 Å². The molecule has 3 unspecified atom stereocenters. The van der Waals surface area contributed by atoms with Gasteiger partial charge in [0.2, 0.25) is 0 Å². The van der Waals surface area contributed by atoms with Gasteiger partial charge in [0.1, 0.15) is 32.1 Å². The molecular formula is C16H16N2Na2O9P2S. The van der Waals surface area contributed by atoms with E-state index >= 15 is 0 Å². The van der Waals surface area contributed by atoms with Gasteiger partial charge in [-0.15, -0.1) is 0 Å². The van der Waals surface area contributed by atoms with Crippen LogP contribution < -0.4 is 83.9 Å². The average molecular weight is 520 g/mol. The van der Waals surface area contributed by atoms with Crippen molar-refractivity contribution in [2.24, 2.45) is 0 Å². The van der Waals surface area contributed by atoms with Gasteiger partial charge in [-0.1, -0.05) is 23.5 Å². The molecular weight excluding hydrogens is 504 g/mol. The zero-order valence-corrected chi connectivity index (χ0v) is 23.8. The SMILES string of the molecule is COc1cccc(C(Nn2c(=O)sc3ccc(O)cc32)C(P(=O)([O-])O)P(=O)([O-])O)c1.[Na+].[Na+]. The first-order valence-corrected chi connectivity index (χ1v) is 12.3. The minimum absolute atomic E-state index is 0. The van der Waals surface area contributed by atoms with Gasteiger partial charge in [0.25, 0.3) is 0 Å². The van der Waals surface area contributed by atoms with Crippen LogP contribution in [0.15, 0.2) is 47.3 Å². The topological polar surface area (TPSA) is 184 Å². The number of aromatic hydroxyl groups is 1. The zero-order valence-electron chi connectivity index (χ0n) is 17.2. The van der Waals surface area contributed by atoms with E-state index in [0.29, 0.717) is 4.70 Å². The molecule has 0 spiro atoms. The van der Waals surface area contributed by atoms with E-state index in [1.165, 1.54) is 49.6 Å². The molecule has 1 heterocycles. The Kier molecular flexibility index (Phi) is 10.7. The van der Waals surface area contributed by atoms with E-state index in [1.54, 1.807) is 0 Å². The molecule has 1 aromatic heterocycles. The molecule has 0 bridgehead atoms. The maximum Gasteiger partial charge on any atom is 1.00 e. The summed E-state index contributed by atoms with van der Waals surface area (Å²) in [6.07, 6.45) is 0. The van der Waals surface area contributed by atoms with Gasteiger partial charge in [-0.2, -0.15) is 0 Å². The number of rotatable bonds is 7. The number of phenolic OH excluding ortho intramolecular Hbond substituents is 1. The molecule has 2 aromatic carbocycles. The van der Waals surface area contributed by atoms with Crippen molar-refractivity contribution in [3.05, 3.63) is 57.7 Å². The van der Waals surface area contributed by atoms with Crippen molar-refractivity contribution < 1.29 is 97.7 Å². The predicted octanol–water partition coefficient (Wildman–Crippen LogP) is -5.51. The summed E-state index contributed by atoms with van der Waals surface area (Å²) in [6, 6.07) is 7.74. The molecule has 3 aromatic rings. The predicted molar refractivity (Wildman–Crippen MR) is 106 cm³/mol. The number of thiazole rings is 1. The van der Waals surface area contributed by atoms with Gasteiger partial charge in [0.05, 0.1) is 23.4 Å². The van der Waals surface area contributed by atoms with Crippen LogP contribution in [0.4, 0.5) is 0 Å². The van der Waals surface area contributed by atoms with Gasteiger partial charge in [-0.3, -0.25) is 4.79 Å². The Hall–Kier alpha value is -0.170. The molecule has 0 saturated carbocycles. The molecule has 0 aliphatic carbocycles. The van der Waals surface area contributed by atoms with E-state index in [2.05, 4.69) is 5.43 Å². The van der Waals surface area contributed by atoms with Gasteiger partial charge in [-0.25, -0.2) is 4.68 Å². The van der Waals surface area contributed by atoms with Crippen molar-refractivity contribution in [3.63, 3.8) is 0 Å². The molecule has 16 heteroatoms. The van der Waals surface area contributed by atoms with Crippen molar-refractivity contribution in [2.45, 2.75) is 11.4 Å². The quantitative estimate of drug-likeness (QED) is 0.173. The van der Waals surface area contributed by atoms with Crippen LogP contribution >= 0.6 is 26.5 Å². The third-order valence-corrected chi connectivity index (χ3v) is 8.86. The molecule has 0 fully saturated rings. The molecule has 32 heavy (non-hydrogen) atoms. The summed E-state index contributed by atoms with van der Waals surface area (Å²) < 4.78 is 30.2. The first-order chi connectivity index (χ1) is 13.9. The Morgan fingerprint density at radius 2 is 1.72 bits per heavy atom. The molecule has 0 saturated heterocycles. The second-order valence-corrected chi connectivity index (χ2v) is 11.1. The first kappa shape index (κ1) is 29.9. The molecule has 3 rings (SSSR count).